The summed E-state index contributed by atoms with van der Waals surface area (Å²) >= 11 is 0. The van der Waals surface area contributed by atoms with Crippen LogP contribution in [0.3, 0.4) is 0 Å². The fraction of sp³-hybridized carbons (Fsp3) is 0.600. The van der Waals surface area contributed by atoms with Gasteiger partial charge in [-0.1, -0.05) is 19.0 Å². The number of aliphatic imine (C=N–C) groups is 1. The van der Waals surface area contributed by atoms with Crippen LogP contribution in [0.4, 0.5) is 0 Å². The summed E-state index contributed by atoms with van der Waals surface area (Å²) in [6.45, 7) is 6.32. The number of guanidine groups is 1. The highest BCUT2D eigenvalue weighted by Crippen LogP contribution is 2.14. The molecule has 1 aliphatic heterocycles. The van der Waals surface area contributed by atoms with Crippen molar-refractivity contribution in [2.24, 2.45) is 4.99 Å². The van der Waals surface area contributed by atoms with Gasteiger partial charge in [0.15, 0.2) is 17.5 Å². The molecule has 0 amide bonds. The quantitative estimate of drug-likeness (QED) is 0.636. The van der Waals surface area contributed by atoms with E-state index < -0.39 is 0 Å². The van der Waals surface area contributed by atoms with E-state index in [1.165, 1.54) is 0 Å². The molecule has 0 spiro atoms. The van der Waals surface area contributed by atoms with Crippen LogP contribution in [-0.4, -0.2) is 32.9 Å². The molecule has 2 aromatic heterocycles. The number of hydrogen-bond donors (Lipinski definition) is 2. The van der Waals surface area contributed by atoms with Gasteiger partial charge in [-0.05, 0) is 12.3 Å². The molecule has 0 fully saturated rings. The summed E-state index contributed by atoms with van der Waals surface area (Å²) < 4.78 is 7.48. The zero-order chi connectivity index (χ0) is 16.2. The van der Waals surface area contributed by atoms with Gasteiger partial charge in [0.25, 0.3) is 0 Å². The largest absolute Gasteiger partial charge is 0.359 e. The predicted molar refractivity (Wildman–Crippen MR) is 86.0 cm³/mol. The van der Waals surface area contributed by atoms with Gasteiger partial charge < -0.3 is 19.7 Å². The molecule has 0 atom stereocenters. The summed E-state index contributed by atoms with van der Waals surface area (Å²) in [6, 6.07) is 1.97. The normalized spacial score (nSPS) is 14.3. The van der Waals surface area contributed by atoms with E-state index in [-0.39, 0.29) is 0 Å². The molecule has 3 rings (SSSR count). The van der Waals surface area contributed by atoms with Gasteiger partial charge in [0.05, 0.1) is 18.8 Å². The van der Waals surface area contributed by atoms with E-state index in [1.807, 2.05) is 6.07 Å². The van der Waals surface area contributed by atoms with Crippen LogP contribution < -0.4 is 10.6 Å². The second-order valence-electron chi connectivity index (χ2n) is 5.94. The van der Waals surface area contributed by atoms with Crippen molar-refractivity contribution in [3.8, 4) is 0 Å². The molecule has 0 aromatic carbocycles. The molecule has 1 aliphatic rings. The van der Waals surface area contributed by atoms with Crippen molar-refractivity contribution in [3.05, 3.63) is 29.2 Å². The van der Waals surface area contributed by atoms with Gasteiger partial charge in [-0.3, -0.25) is 4.99 Å². The second-order valence-corrected chi connectivity index (χ2v) is 5.94. The van der Waals surface area contributed by atoms with E-state index in [0.29, 0.717) is 25.0 Å². The molecular formula is C15H23N7O. The van der Waals surface area contributed by atoms with Crippen LogP contribution in [0, 0.1) is 0 Å². The summed E-state index contributed by atoms with van der Waals surface area (Å²) in [7, 11) is 1.74. The first-order chi connectivity index (χ1) is 11.2. The molecule has 0 saturated heterocycles. The Kier molecular flexibility index (Phi) is 4.59. The molecule has 2 aromatic rings. The lowest BCUT2D eigenvalue weighted by Gasteiger charge is -2.10. The van der Waals surface area contributed by atoms with Crippen molar-refractivity contribution in [3.63, 3.8) is 0 Å². The van der Waals surface area contributed by atoms with E-state index in [4.69, 9.17) is 4.52 Å². The predicted octanol–water partition coefficient (Wildman–Crippen LogP) is 1.20. The highest BCUT2D eigenvalue weighted by Gasteiger charge is 2.17. The highest BCUT2D eigenvalue weighted by molar-refractivity contribution is 5.79. The fourth-order valence-electron chi connectivity index (χ4n) is 2.58. The number of aromatic nitrogens is 4. The van der Waals surface area contributed by atoms with Gasteiger partial charge in [-0.25, -0.2) is 0 Å². The maximum atomic E-state index is 5.31. The van der Waals surface area contributed by atoms with Gasteiger partial charge in [-0.15, -0.1) is 10.2 Å². The number of nitrogens with one attached hydrogen (secondary N) is 2. The van der Waals surface area contributed by atoms with Gasteiger partial charge in [0.1, 0.15) is 5.82 Å². The molecule has 0 aliphatic carbocycles. The Morgan fingerprint density at radius 1 is 1.35 bits per heavy atom. The van der Waals surface area contributed by atoms with Crippen LogP contribution in [0.5, 0.6) is 0 Å². The maximum absolute atomic E-state index is 5.31. The lowest BCUT2D eigenvalue weighted by molar-refractivity contribution is 0.372. The molecule has 23 heavy (non-hydrogen) atoms. The summed E-state index contributed by atoms with van der Waals surface area (Å²) in [5, 5.41) is 18.9. The highest BCUT2D eigenvalue weighted by atomic mass is 16.5. The Bertz CT molecular complexity index is 686. The van der Waals surface area contributed by atoms with E-state index in [1.54, 1.807) is 7.05 Å². The Morgan fingerprint density at radius 3 is 2.91 bits per heavy atom. The van der Waals surface area contributed by atoms with Gasteiger partial charge >= 0.3 is 0 Å². The van der Waals surface area contributed by atoms with E-state index in [2.05, 4.69) is 49.4 Å². The molecule has 0 unspecified atom stereocenters. The summed E-state index contributed by atoms with van der Waals surface area (Å²) in [5.74, 6) is 3.87. The topological polar surface area (TPSA) is 93.2 Å². The first kappa shape index (κ1) is 15.5. The Morgan fingerprint density at radius 2 is 2.17 bits per heavy atom. The summed E-state index contributed by atoms with van der Waals surface area (Å²) in [4.78, 5) is 4.21. The average molecular weight is 317 g/mol. The van der Waals surface area contributed by atoms with Crippen molar-refractivity contribution in [1.82, 2.24) is 30.6 Å². The summed E-state index contributed by atoms with van der Waals surface area (Å²) in [6.07, 6.45) is 2.16. The minimum atomic E-state index is 0.361. The lowest BCUT2D eigenvalue weighted by Crippen LogP contribution is -2.36. The Labute approximate surface area is 135 Å². The third-order valence-corrected chi connectivity index (χ3v) is 3.92. The third-order valence-electron chi connectivity index (χ3n) is 3.92. The molecule has 2 N–H and O–H groups in total. The third kappa shape index (κ3) is 3.52. The van der Waals surface area contributed by atoms with E-state index in [0.717, 1.165) is 42.5 Å². The number of aryl methyl sites for hydroxylation is 1. The first-order valence-electron chi connectivity index (χ1n) is 7.98. The van der Waals surface area contributed by atoms with Gasteiger partial charge in [0, 0.05) is 26.1 Å². The van der Waals surface area contributed by atoms with E-state index in [9.17, 15) is 0 Å². The SMILES string of the molecule is CN=C(NCc1cc(C(C)C)no1)NCc1nnc2n1CCC2. The van der Waals surface area contributed by atoms with Crippen molar-refractivity contribution in [1.29, 1.82) is 0 Å². The van der Waals surface area contributed by atoms with Crippen LogP contribution >= 0.6 is 0 Å². The zero-order valence-electron chi connectivity index (χ0n) is 13.8. The number of nitrogens with zero attached hydrogens (tertiary/aromatic N) is 5. The Hall–Kier alpha value is -2.38. The van der Waals surface area contributed by atoms with Crippen molar-refractivity contribution >= 4 is 5.96 Å². The van der Waals surface area contributed by atoms with Crippen molar-refractivity contribution < 1.29 is 4.52 Å². The van der Waals surface area contributed by atoms with E-state index >= 15 is 0 Å². The zero-order valence-corrected chi connectivity index (χ0v) is 13.8. The van der Waals surface area contributed by atoms with Crippen molar-refractivity contribution in [2.75, 3.05) is 7.05 Å². The maximum Gasteiger partial charge on any atom is 0.191 e. The van der Waals surface area contributed by atoms with Crippen LogP contribution in [0.25, 0.3) is 0 Å². The molecule has 3 heterocycles. The Balaban J connectivity index is 1.51. The second kappa shape index (κ2) is 6.80. The smallest absolute Gasteiger partial charge is 0.191 e. The molecule has 8 nitrogen and oxygen atoms in total. The molecule has 124 valence electrons. The monoisotopic (exact) mass is 317 g/mol. The minimum Gasteiger partial charge on any atom is -0.359 e. The summed E-state index contributed by atoms with van der Waals surface area (Å²) in [5.41, 5.74) is 0.962. The average Bonchev–Trinajstić information content (AvgIpc) is 3.24. The van der Waals surface area contributed by atoms with Crippen LogP contribution in [-0.2, 0) is 26.1 Å². The lowest BCUT2D eigenvalue weighted by atomic mass is 10.1. The van der Waals surface area contributed by atoms with Gasteiger partial charge in [-0.2, -0.15) is 0 Å². The standard InChI is InChI=1S/C15H23N7O/c1-10(2)12-7-11(23-21-12)8-17-15(16-3)18-9-14-20-19-13-5-4-6-22(13)14/h7,10H,4-6,8-9H2,1-3H3,(H2,16,17,18). The number of rotatable bonds is 5. The van der Waals surface area contributed by atoms with Crippen molar-refractivity contribution in [2.45, 2.75) is 52.2 Å². The fourth-order valence-corrected chi connectivity index (χ4v) is 2.58. The molecular weight excluding hydrogens is 294 g/mol. The van der Waals surface area contributed by atoms with Crippen LogP contribution in [0.1, 0.15) is 49.3 Å². The molecule has 0 bridgehead atoms. The first-order valence-corrected chi connectivity index (χ1v) is 7.98. The minimum absolute atomic E-state index is 0.361. The van der Waals surface area contributed by atoms with Crippen LogP contribution in [0.2, 0.25) is 0 Å². The molecule has 0 saturated carbocycles. The number of hydrogen-bond acceptors (Lipinski definition) is 5. The van der Waals surface area contributed by atoms with Crippen LogP contribution in [0.15, 0.2) is 15.6 Å². The van der Waals surface area contributed by atoms with Gasteiger partial charge in [0.2, 0.25) is 0 Å². The number of fused-ring (bicyclic) bond motifs is 1. The molecule has 0 radical (unpaired) electrons. The molecule has 8 heteroatoms.